The lowest BCUT2D eigenvalue weighted by molar-refractivity contribution is 0.0998. The van der Waals surface area contributed by atoms with Gasteiger partial charge in [-0.15, -0.1) is 0 Å². The number of fused-ring (bicyclic) bond motifs is 1. The van der Waals surface area contributed by atoms with Crippen LogP contribution in [0.2, 0.25) is 5.02 Å². The highest BCUT2D eigenvalue weighted by Gasteiger charge is 2.26. The Labute approximate surface area is 180 Å². The number of carbonyl (C=O) groups is 1. The normalized spacial score (nSPS) is 11.8. The van der Waals surface area contributed by atoms with Crippen molar-refractivity contribution in [3.8, 4) is 5.75 Å². The minimum absolute atomic E-state index is 0.00207. The number of nitrogens with one attached hydrogen (secondary N) is 1. The van der Waals surface area contributed by atoms with Gasteiger partial charge >= 0.3 is 0 Å². The van der Waals surface area contributed by atoms with E-state index < -0.39 is 15.9 Å². The molecule has 7 nitrogen and oxygen atoms in total. The van der Waals surface area contributed by atoms with E-state index in [1.54, 1.807) is 51.1 Å². The molecule has 160 valence electrons. The van der Waals surface area contributed by atoms with E-state index in [1.807, 2.05) is 0 Å². The van der Waals surface area contributed by atoms with Gasteiger partial charge in [0.1, 0.15) is 16.2 Å². The van der Waals surface area contributed by atoms with Crippen LogP contribution in [0, 0.1) is 0 Å². The molecule has 30 heavy (non-hydrogen) atoms. The van der Waals surface area contributed by atoms with Crippen LogP contribution in [0.25, 0.3) is 11.0 Å². The van der Waals surface area contributed by atoms with Crippen molar-refractivity contribution < 1.29 is 22.4 Å². The quantitative estimate of drug-likeness (QED) is 0.534. The Kier molecular flexibility index (Phi) is 6.70. The fraction of sp³-hybridized carbons (Fsp3) is 0.286. The molecule has 0 atom stereocenters. The number of hydrogen-bond acceptors (Lipinski definition) is 5. The average molecular weight is 451 g/mol. The zero-order chi connectivity index (χ0) is 21.9. The minimum atomic E-state index is -3.78. The molecule has 0 unspecified atom stereocenters. The van der Waals surface area contributed by atoms with Crippen LogP contribution in [-0.4, -0.2) is 38.3 Å². The Hall–Kier alpha value is -2.55. The Morgan fingerprint density at radius 1 is 1.10 bits per heavy atom. The summed E-state index contributed by atoms with van der Waals surface area (Å²) in [6.07, 6.45) is 0. The number of benzene rings is 2. The van der Waals surface area contributed by atoms with E-state index >= 15 is 0 Å². The zero-order valence-corrected chi connectivity index (χ0v) is 18.5. The molecule has 0 fully saturated rings. The van der Waals surface area contributed by atoms with Crippen molar-refractivity contribution in [2.45, 2.75) is 25.7 Å². The smallest absolute Gasteiger partial charge is 0.291 e. The molecule has 0 bridgehead atoms. The van der Waals surface area contributed by atoms with Gasteiger partial charge in [-0.2, -0.15) is 4.31 Å². The Morgan fingerprint density at radius 3 is 2.50 bits per heavy atom. The van der Waals surface area contributed by atoms with Crippen LogP contribution in [0.1, 0.15) is 31.3 Å². The standard InChI is InChI=1S/C21H23ClN2O5S/c1-4-24(5-2)30(26,27)20-13-16(8-10-18(20)28-6-3)23-21(25)19-12-14-11-15(22)7-9-17(14)29-19/h7-13H,4-6H2,1-3H3,(H,23,25). The first-order chi connectivity index (χ1) is 14.3. The van der Waals surface area contributed by atoms with E-state index in [1.165, 1.54) is 16.4 Å². The summed E-state index contributed by atoms with van der Waals surface area (Å²) in [5.74, 6) is -0.173. The first kappa shape index (κ1) is 22.1. The second kappa shape index (κ2) is 9.07. The number of furan rings is 1. The average Bonchev–Trinajstić information content (AvgIpc) is 3.13. The van der Waals surface area contributed by atoms with Crippen LogP contribution in [0.4, 0.5) is 5.69 Å². The summed E-state index contributed by atoms with van der Waals surface area (Å²) in [5, 5.41) is 3.92. The van der Waals surface area contributed by atoms with Crippen LogP contribution >= 0.6 is 11.6 Å². The van der Waals surface area contributed by atoms with Gasteiger partial charge < -0.3 is 14.5 Å². The molecule has 3 aromatic rings. The molecule has 0 saturated carbocycles. The number of hydrogen-bond donors (Lipinski definition) is 1. The molecule has 1 N–H and O–H groups in total. The van der Waals surface area contributed by atoms with Gasteiger partial charge in [0.25, 0.3) is 5.91 Å². The number of ether oxygens (including phenoxy) is 1. The molecule has 2 aromatic carbocycles. The fourth-order valence-electron chi connectivity index (χ4n) is 3.08. The molecular weight excluding hydrogens is 428 g/mol. The maximum absolute atomic E-state index is 13.0. The van der Waals surface area contributed by atoms with Crippen molar-refractivity contribution in [2.24, 2.45) is 0 Å². The predicted molar refractivity (Wildman–Crippen MR) is 117 cm³/mol. The number of amides is 1. The summed E-state index contributed by atoms with van der Waals surface area (Å²) in [4.78, 5) is 12.7. The van der Waals surface area contributed by atoms with Crippen molar-refractivity contribution in [1.82, 2.24) is 4.31 Å². The predicted octanol–water partition coefficient (Wildman–Crippen LogP) is 4.77. The molecule has 3 rings (SSSR count). The van der Waals surface area contributed by atoms with E-state index in [0.717, 1.165) is 0 Å². The minimum Gasteiger partial charge on any atom is -0.492 e. The van der Waals surface area contributed by atoms with Crippen LogP contribution in [-0.2, 0) is 10.0 Å². The first-order valence-corrected chi connectivity index (χ1v) is 11.4. The molecule has 0 saturated heterocycles. The molecule has 0 aliphatic rings. The van der Waals surface area contributed by atoms with Gasteiger partial charge in [-0.3, -0.25) is 4.79 Å². The number of sulfonamides is 1. The topological polar surface area (TPSA) is 88.8 Å². The summed E-state index contributed by atoms with van der Waals surface area (Å²) in [7, 11) is -3.78. The highest BCUT2D eigenvalue weighted by Crippen LogP contribution is 2.31. The lowest BCUT2D eigenvalue weighted by Crippen LogP contribution is -2.31. The monoisotopic (exact) mass is 450 g/mol. The van der Waals surface area contributed by atoms with Crippen LogP contribution in [0.3, 0.4) is 0 Å². The molecule has 9 heteroatoms. The Bertz CT molecular complexity index is 1170. The summed E-state index contributed by atoms with van der Waals surface area (Å²) in [6.45, 7) is 6.26. The van der Waals surface area contributed by atoms with Crippen molar-refractivity contribution in [3.05, 3.63) is 53.2 Å². The first-order valence-electron chi connectivity index (χ1n) is 9.57. The lowest BCUT2D eigenvalue weighted by atomic mass is 10.2. The molecule has 0 aliphatic heterocycles. The Morgan fingerprint density at radius 2 is 1.83 bits per heavy atom. The lowest BCUT2D eigenvalue weighted by Gasteiger charge is -2.21. The number of rotatable bonds is 8. The van der Waals surface area contributed by atoms with Crippen LogP contribution in [0.5, 0.6) is 5.75 Å². The molecule has 1 heterocycles. The van der Waals surface area contributed by atoms with Crippen LogP contribution < -0.4 is 10.1 Å². The van der Waals surface area contributed by atoms with E-state index in [4.69, 9.17) is 20.8 Å². The highest BCUT2D eigenvalue weighted by molar-refractivity contribution is 7.89. The number of carbonyl (C=O) groups excluding carboxylic acids is 1. The van der Waals surface area contributed by atoms with Crippen molar-refractivity contribution in [2.75, 3.05) is 25.0 Å². The zero-order valence-electron chi connectivity index (χ0n) is 16.9. The number of nitrogens with zero attached hydrogens (tertiary/aromatic N) is 1. The molecule has 1 aromatic heterocycles. The van der Waals surface area contributed by atoms with Gasteiger partial charge in [0.2, 0.25) is 10.0 Å². The van der Waals surface area contributed by atoms with E-state index in [2.05, 4.69) is 5.32 Å². The SMILES string of the molecule is CCOc1ccc(NC(=O)c2cc3cc(Cl)ccc3o2)cc1S(=O)(=O)N(CC)CC. The fourth-order valence-corrected chi connectivity index (χ4v) is 4.88. The molecule has 0 spiro atoms. The third-order valence-electron chi connectivity index (χ3n) is 4.53. The van der Waals surface area contributed by atoms with Gasteiger partial charge in [-0.25, -0.2) is 8.42 Å². The summed E-state index contributed by atoms with van der Waals surface area (Å²) in [5.41, 5.74) is 0.841. The summed E-state index contributed by atoms with van der Waals surface area (Å²) in [6, 6.07) is 11.2. The van der Waals surface area contributed by atoms with Crippen molar-refractivity contribution in [1.29, 1.82) is 0 Å². The van der Waals surface area contributed by atoms with Crippen molar-refractivity contribution in [3.63, 3.8) is 0 Å². The van der Waals surface area contributed by atoms with Gasteiger partial charge in [0, 0.05) is 29.2 Å². The van der Waals surface area contributed by atoms with E-state index in [9.17, 15) is 13.2 Å². The van der Waals surface area contributed by atoms with Gasteiger partial charge in [0.15, 0.2) is 5.76 Å². The van der Waals surface area contributed by atoms with Gasteiger partial charge in [0.05, 0.1) is 6.61 Å². The van der Waals surface area contributed by atoms with Gasteiger partial charge in [-0.05, 0) is 49.4 Å². The highest BCUT2D eigenvalue weighted by atomic mass is 35.5. The number of anilines is 1. The van der Waals surface area contributed by atoms with Gasteiger partial charge in [-0.1, -0.05) is 25.4 Å². The molecule has 0 radical (unpaired) electrons. The summed E-state index contributed by atoms with van der Waals surface area (Å²) >= 11 is 5.97. The van der Waals surface area contributed by atoms with Crippen LogP contribution in [0.15, 0.2) is 51.8 Å². The maximum Gasteiger partial charge on any atom is 0.291 e. The third-order valence-corrected chi connectivity index (χ3v) is 6.83. The summed E-state index contributed by atoms with van der Waals surface area (Å²) < 4.78 is 38.5. The second-order valence-electron chi connectivity index (χ2n) is 6.43. The molecular formula is C21H23ClN2O5S. The van der Waals surface area contributed by atoms with Crippen molar-refractivity contribution >= 4 is 44.2 Å². The number of halogens is 1. The van der Waals surface area contributed by atoms with E-state index in [-0.39, 0.29) is 16.4 Å². The Balaban J connectivity index is 1.94. The molecule has 1 amide bonds. The largest absolute Gasteiger partial charge is 0.492 e. The molecule has 0 aliphatic carbocycles. The van der Waals surface area contributed by atoms with E-state index in [0.29, 0.717) is 41.4 Å². The third kappa shape index (κ3) is 4.45. The second-order valence-corrected chi connectivity index (χ2v) is 8.77. The maximum atomic E-state index is 13.0.